The fourth-order valence-electron chi connectivity index (χ4n) is 0.169. The quantitative estimate of drug-likeness (QED) is 0.527. The van der Waals surface area contributed by atoms with Crippen LogP contribution in [0, 0.1) is 0 Å². The third-order valence-electron chi connectivity index (χ3n) is 0.397. The van der Waals surface area contributed by atoms with Crippen LogP contribution in [0.25, 0.3) is 0 Å². The molecular formula is C4H8ClNO2. The van der Waals surface area contributed by atoms with Crippen LogP contribution < -0.4 is 5.73 Å². The van der Waals surface area contributed by atoms with Gasteiger partial charge in [0.2, 0.25) is 0 Å². The second-order valence-corrected chi connectivity index (χ2v) is 0.976. The van der Waals surface area contributed by atoms with Crippen molar-refractivity contribution in [1.82, 2.24) is 0 Å². The summed E-state index contributed by atoms with van der Waals surface area (Å²) in [5.74, 6) is -0.953. The molecule has 0 amide bonds. The van der Waals surface area contributed by atoms with Crippen LogP contribution in [0.15, 0.2) is 12.2 Å². The predicted molar refractivity (Wildman–Crippen MR) is 33.1 cm³/mol. The van der Waals surface area contributed by atoms with Crippen molar-refractivity contribution >= 4 is 18.4 Å². The van der Waals surface area contributed by atoms with E-state index in [-0.39, 0.29) is 19.0 Å². The highest BCUT2D eigenvalue weighted by atomic mass is 35.5. The molecule has 0 bridgehead atoms. The highest BCUT2D eigenvalue weighted by Crippen LogP contribution is 1.65. The van der Waals surface area contributed by atoms with Crippen LogP contribution in [0.1, 0.15) is 0 Å². The highest BCUT2D eigenvalue weighted by Gasteiger charge is 1.79. The first kappa shape index (κ1) is 10.4. The SMILES string of the molecule is Cl.NCC=CC(=O)O. The van der Waals surface area contributed by atoms with Gasteiger partial charge in [-0.2, -0.15) is 0 Å². The monoisotopic (exact) mass is 137 g/mol. The van der Waals surface area contributed by atoms with Crippen LogP contribution in [-0.4, -0.2) is 17.6 Å². The molecule has 3 nitrogen and oxygen atoms in total. The first-order valence-corrected chi connectivity index (χ1v) is 1.87. The minimum atomic E-state index is -0.953. The lowest BCUT2D eigenvalue weighted by atomic mass is 10.5. The van der Waals surface area contributed by atoms with E-state index in [2.05, 4.69) is 0 Å². The second-order valence-electron chi connectivity index (χ2n) is 0.976. The van der Waals surface area contributed by atoms with Crippen molar-refractivity contribution in [2.24, 2.45) is 5.73 Å². The first-order chi connectivity index (χ1) is 3.27. The van der Waals surface area contributed by atoms with E-state index in [1.165, 1.54) is 6.08 Å². The molecule has 0 spiro atoms. The van der Waals surface area contributed by atoms with Gasteiger partial charge in [-0.25, -0.2) is 4.79 Å². The molecular weight excluding hydrogens is 130 g/mol. The van der Waals surface area contributed by atoms with Crippen LogP contribution in [0.3, 0.4) is 0 Å². The molecule has 0 radical (unpaired) electrons. The van der Waals surface area contributed by atoms with Crippen LogP contribution in [-0.2, 0) is 4.79 Å². The Labute approximate surface area is 53.6 Å². The van der Waals surface area contributed by atoms with Gasteiger partial charge in [-0.05, 0) is 0 Å². The number of carboxylic acid groups (broad SMARTS) is 1. The van der Waals surface area contributed by atoms with Gasteiger partial charge in [0.1, 0.15) is 0 Å². The average Bonchev–Trinajstić information content (AvgIpc) is 1.61. The number of hydrogen-bond acceptors (Lipinski definition) is 2. The number of carbonyl (C=O) groups is 1. The molecule has 0 saturated heterocycles. The van der Waals surface area contributed by atoms with Crippen LogP contribution in [0.5, 0.6) is 0 Å². The van der Waals surface area contributed by atoms with Crippen LogP contribution in [0.4, 0.5) is 0 Å². The average molecular weight is 138 g/mol. The zero-order chi connectivity index (χ0) is 5.70. The summed E-state index contributed by atoms with van der Waals surface area (Å²) in [6, 6.07) is 0. The molecule has 8 heavy (non-hydrogen) atoms. The van der Waals surface area contributed by atoms with Crippen molar-refractivity contribution in [3.05, 3.63) is 12.2 Å². The molecule has 0 atom stereocenters. The molecule has 0 aromatic carbocycles. The molecule has 0 saturated carbocycles. The third-order valence-corrected chi connectivity index (χ3v) is 0.397. The third kappa shape index (κ3) is 9.07. The number of aliphatic carboxylic acids is 1. The van der Waals surface area contributed by atoms with Gasteiger partial charge >= 0.3 is 5.97 Å². The zero-order valence-corrected chi connectivity index (χ0v) is 5.02. The summed E-state index contributed by atoms with van der Waals surface area (Å²) in [5.41, 5.74) is 4.93. The smallest absolute Gasteiger partial charge is 0.328 e. The number of rotatable bonds is 2. The minimum Gasteiger partial charge on any atom is -0.478 e. The standard InChI is InChI=1S/C4H7NO2.ClH/c5-3-1-2-4(6)7;/h1-2H,3,5H2,(H,6,7);1H. The Balaban J connectivity index is 0. The summed E-state index contributed by atoms with van der Waals surface area (Å²) in [7, 11) is 0. The Morgan fingerprint density at radius 1 is 1.75 bits per heavy atom. The van der Waals surface area contributed by atoms with E-state index < -0.39 is 5.97 Å². The molecule has 0 aliphatic heterocycles. The van der Waals surface area contributed by atoms with Crippen molar-refractivity contribution in [3.8, 4) is 0 Å². The molecule has 0 heterocycles. The molecule has 4 heteroatoms. The molecule has 0 aromatic heterocycles. The molecule has 0 aliphatic carbocycles. The van der Waals surface area contributed by atoms with Gasteiger partial charge in [0.25, 0.3) is 0 Å². The van der Waals surface area contributed by atoms with E-state index in [0.29, 0.717) is 0 Å². The van der Waals surface area contributed by atoms with Crippen LogP contribution in [0.2, 0.25) is 0 Å². The maximum atomic E-state index is 9.62. The minimum absolute atomic E-state index is 0. The van der Waals surface area contributed by atoms with Crippen molar-refractivity contribution in [2.75, 3.05) is 6.54 Å². The van der Waals surface area contributed by atoms with E-state index in [4.69, 9.17) is 10.8 Å². The second kappa shape index (κ2) is 6.46. The molecule has 0 unspecified atom stereocenters. The predicted octanol–water partition coefficient (Wildman–Crippen LogP) is 0.00770. The van der Waals surface area contributed by atoms with Crippen molar-refractivity contribution in [2.45, 2.75) is 0 Å². The van der Waals surface area contributed by atoms with Gasteiger partial charge in [0.15, 0.2) is 0 Å². The fourth-order valence-corrected chi connectivity index (χ4v) is 0.169. The maximum Gasteiger partial charge on any atom is 0.328 e. The Kier molecular flexibility index (Phi) is 8.43. The van der Waals surface area contributed by atoms with E-state index in [1.807, 2.05) is 0 Å². The number of nitrogens with two attached hydrogens (primary N) is 1. The van der Waals surface area contributed by atoms with Gasteiger partial charge in [-0.15, -0.1) is 12.4 Å². The van der Waals surface area contributed by atoms with Crippen molar-refractivity contribution < 1.29 is 9.90 Å². The summed E-state index contributed by atoms with van der Waals surface area (Å²) in [4.78, 5) is 9.62. The molecule has 0 aliphatic rings. The molecule has 0 rings (SSSR count). The van der Waals surface area contributed by atoms with E-state index in [9.17, 15) is 4.79 Å². The lowest BCUT2D eigenvalue weighted by Gasteiger charge is -1.74. The Morgan fingerprint density at radius 3 is 2.38 bits per heavy atom. The topological polar surface area (TPSA) is 63.3 Å². The highest BCUT2D eigenvalue weighted by molar-refractivity contribution is 5.85. The van der Waals surface area contributed by atoms with E-state index in [0.717, 1.165) is 6.08 Å². The summed E-state index contributed by atoms with van der Waals surface area (Å²) in [6.07, 6.45) is 2.39. The van der Waals surface area contributed by atoms with Gasteiger partial charge in [0, 0.05) is 12.6 Å². The van der Waals surface area contributed by atoms with E-state index in [1.54, 1.807) is 0 Å². The number of carboxylic acids is 1. The normalized spacial score (nSPS) is 8.62. The van der Waals surface area contributed by atoms with Crippen LogP contribution >= 0.6 is 12.4 Å². The number of halogens is 1. The first-order valence-electron chi connectivity index (χ1n) is 1.87. The maximum absolute atomic E-state index is 9.62. The lowest BCUT2D eigenvalue weighted by Crippen LogP contribution is -1.95. The van der Waals surface area contributed by atoms with Crippen molar-refractivity contribution in [1.29, 1.82) is 0 Å². The Bertz CT molecular complexity index is 92.0. The fraction of sp³-hybridized carbons (Fsp3) is 0.250. The van der Waals surface area contributed by atoms with Gasteiger partial charge < -0.3 is 10.8 Å². The van der Waals surface area contributed by atoms with Gasteiger partial charge in [-0.1, -0.05) is 6.08 Å². The lowest BCUT2D eigenvalue weighted by molar-refractivity contribution is -0.131. The summed E-state index contributed by atoms with van der Waals surface area (Å²) >= 11 is 0. The Morgan fingerprint density at radius 2 is 2.25 bits per heavy atom. The molecule has 0 aromatic rings. The molecule has 48 valence electrons. The number of hydrogen-bond donors (Lipinski definition) is 2. The molecule has 3 N–H and O–H groups in total. The van der Waals surface area contributed by atoms with Gasteiger partial charge in [0.05, 0.1) is 0 Å². The summed E-state index contributed by atoms with van der Waals surface area (Å²) in [5, 5.41) is 7.90. The van der Waals surface area contributed by atoms with Crippen molar-refractivity contribution in [3.63, 3.8) is 0 Å². The summed E-state index contributed by atoms with van der Waals surface area (Å²) < 4.78 is 0. The Hall–Kier alpha value is -0.540. The molecule has 0 fully saturated rings. The zero-order valence-electron chi connectivity index (χ0n) is 4.20. The largest absolute Gasteiger partial charge is 0.478 e. The summed E-state index contributed by atoms with van der Waals surface area (Å²) in [6.45, 7) is 0.284. The van der Waals surface area contributed by atoms with E-state index >= 15 is 0 Å². The van der Waals surface area contributed by atoms with Gasteiger partial charge in [-0.3, -0.25) is 0 Å².